The highest BCUT2D eigenvalue weighted by atomic mass is 16.5. The van der Waals surface area contributed by atoms with Gasteiger partial charge in [0, 0.05) is 11.7 Å². The second kappa shape index (κ2) is 6.71. The Morgan fingerprint density at radius 3 is 2.78 bits per heavy atom. The Labute approximate surface area is 136 Å². The number of hydrogen-bond acceptors (Lipinski definition) is 4. The zero-order valence-corrected chi connectivity index (χ0v) is 13.7. The van der Waals surface area contributed by atoms with Crippen LogP contribution in [0, 0.1) is 12.8 Å². The van der Waals surface area contributed by atoms with Crippen molar-refractivity contribution in [3.8, 4) is 0 Å². The molecule has 1 aromatic rings. The molecule has 1 aliphatic carbocycles. The maximum Gasteiger partial charge on any atom is 0.337 e. The molecule has 2 aliphatic rings. The summed E-state index contributed by atoms with van der Waals surface area (Å²) in [4.78, 5) is 24.2. The van der Waals surface area contributed by atoms with E-state index in [1.807, 2.05) is 13.0 Å². The number of carbonyl (C=O) groups is 2. The quantitative estimate of drug-likeness (QED) is 0.841. The average molecular weight is 316 g/mol. The fourth-order valence-corrected chi connectivity index (χ4v) is 3.74. The van der Waals surface area contributed by atoms with Crippen molar-refractivity contribution < 1.29 is 14.3 Å². The van der Waals surface area contributed by atoms with Crippen LogP contribution in [0.4, 0.5) is 5.69 Å². The van der Waals surface area contributed by atoms with E-state index in [1.165, 1.54) is 32.8 Å². The third-order valence-electron chi connectivity index (χ3n) is 5.10. The van der Waals surface area contributed by atoms with E-state index in [4.69, 9.17) is 4.74 Å². The van der Waals surface area contributed by atoms with Gasteiger partial charge in [-0.15, -0.1) is 0 Å². The summed E-state index contributed by atoms with van der Waals surface area (Å²) >= 11 is 0. The molecule has 1 heterocycles. The molecule has 1 saturated carbocycles. The van der Waals surface area contributed by atoms with Gasteiger partial charge in [-0.3, -0.25) is 4.79 Å². The molecule has 1 aromatic carbocycles. The van der Waals surface area contributed by atoms with Crippen LogP contribution in [0.15, 0.2) is 18.2 Å². The molecule has 1 aliphatic heterocycles. The predicted octanol–water partition coefficient (Wildman–Crippen LogP) is 2.64. The number of carbonyl (C=O) groups excluding carboxylic acids is 2. The predicted molar refractivity (Wildman–Crippen MR) is 88.4 cm³/mol. The molecular formula is C18H24N2O3. The van der Waals surface area contributed by atoms with Gasteiger partial charge in [0.25, 0.3) is 0 Å². The molecular weight excluding hydrogens is 292 g/mol. The van der Waals surface area contributed by atoms with Gasteiger partial charge in [-0.05, 0) is 49.8 Å². The number of fused-ring (bicyclic) bond motifs is 1. The van der Waals surface area contributed by atoms with Crippen LogP contribution in [0.25, 0.3) is 0 Å². The Morgan fingerprint density at radius 1 is 1.26 bits per heavy atom. The van der Waals surface area contributed by atoms with Gasteiger partial charge in [0.2, 0.25) is 5.91 Å². The highest BCUT2D eigenvalue weighted by Gasteiger charge is 2.38. The van der Waals surface area contributed by atoms with Crippen LogP contribution >= 0.6 is 0 Å². The van der Waals surface area contributed by atoms with Gasteiger partial charge in [-0.25, -0.2) is 4.79 Å². The van der Waals surface area contributed by atoms with E-state index in [0.717, 1.165) is 12.0 Å². The fourth-order valence-electron chi connectivity index (χ4n) is 3.74. The largest absolute Gasteiger partial charge is 0.465 e. The maximum atomic E-state index is 12.6. The summed E-state index contributed by atoms with van der Waals surface area (Å²) in [5, 5.41) is 6.45. The van der Waals surface area contributed by atoms with Gasteiger partial charge < -0.3 is 15.4 Å². The first-order chi connectivity index (χ1) is 11.1. The minimum Gasteiger partial charge on any atom is -0.465 e. The fraction of sp³-hybridized carbons (Fsp3) is 0.556. The van der Waals surface area contributed by atoms with Crippen LogP contribution in [-0.4, -0.2) is 31.1 Å². The SMILES string of the molecule is COC(=O)c1ccc(C)c(NC(=O)C2CC3CCCCC3N2)c1. The van der Waals surface area contributed by atoms with Crippen molar-refractivity contribution in [1.29, 1.82) is 0 Å². The van der Waals surface area contributed by atoms with Gasteiger partial charge in [-0.1, -0.05) is 18.9 Å². The first-order valence-electron chi connectivity index (χ1n) is 8.34. The molecule has 124 valence electrons. The highest BCUT2D eigenvalue weighted by Crippen LogP contribution is 2.33. The number of anilines is 1. The Morgan fingerprint density at radius 2 is 2.04 bits per heavy atom. The van der Waals surface area contributed by atoms with Crippen molar-refractivity contribution in [2.75, 3.05) is 12.4 Å². The van der Waals surface area contributed by atoms with Crippen LogP contribution in [0.2, 0.25) is 0 Å². The summed E-state index contributed by atoms with van der Waals surface area (Å²) in [7, 11) is 1.35. The Hall–Kier alpha value is -1.88. The average Bonchev–Trinajstić information content (AvgIpc) is 3.00. The minimum atomic E-state index is -0.398. The van der Waals surface area contributed by atoms with Gasteiger partial charge in [-0.2, -0.15) is 0 Å². The number of aryl methyl sites for hydroxylation is 1. The van der Waals surface area contributed by atoms with Crippen LogP contribution in [0.5, 0.6) is 0 Å². The lowest BCUT2D eigenvalue weighted by Gasteiger charge is -2.24. The number of amides is 1. The Bertz CT molecular complexity index is 600. The van der Waals surface area contributed by atoms with E-state index in [1.54, 1.807) is 12.1 Å². The topological polar surface area (TPSA) is 67.4 Å². The number of nitrogens with one attached hydrogen (secondary N) is 2. The first-order valence-corrected chi connectivity index (χ1v) is 8.34. The molecule has 1 saturated heterocycles. The number of hydrogen-bond donors (Lipinski definition) is 2. The summed E-state index contributed by atoms with van der Waals surface area (Å²) in [5.74, 6) is 0.219. The van der Waals surface area contributed by atoms with Gasteiger partial charge in [0.05, 0.1) is 18.7 Å². The van der Waals surface area contributed by atoms with Crippen molar-refractivity contribution in [1.82, 2.24) is 5.32 Å². The highest BCUT2D eigenvalue weighted by molar-refractivity contribution is 5.97. The molecule has 1 amide bonds. The molecule has 5 heteroatoms. The van der Waals surface area contributed by atoms with Gasteiger partial charge >= 0.3 is 5.97 Å². The lowest BCUT2D eigenvalue weighted by atomic mass is 9.85. The third kappa shape index (κ3) is 3.39. The molecule has 2 N–H and O–H groups in total. The van der Waals surface area contributed by atoms with Crippen molar-refractivity contribution in [3.63, 3.8) is 0 Å². The Kier molecular flexibility index (Phi) is 4.66. The number of methoxy groups -OCH3 is 1. The lowest BCUT2D eigenvalue weighted by molar-refractivity contribution is -0.117. The van der Waals surface area contributed by atoms with Crippen molar-refractivity contribution in [2.45, 2.75) is 51.1 Å². The number of rotatable bonds is 3. The van der Waals surface area contributed by atoms with Crippen LogP contribution in [-0.2, 0) is 9.53 Å². The number of esters is 1. The molecule has 5 nitrogen and oxygen atoms in total. The molecule has 0 radical (unpaired) electrons. The zero-order valence-electron chi connectivity index (χ0n) is 13.7. The van der Waals surface area contributed by atoms with Crippen LogP contribution in [0.3, 0.4) is 0 Å². The number of ether oxygens (including phenoxy) is 1. The molecule has 0 bridgehead atoms. The van der Waals surface area contributed by atoms with Gasteiger partial charge in [0.15, 0.2) is 0 Å². The second-order valence-electron chi connectivity index (χ2n) is 6.62. The summed E-state index contributed by atoms with van der Waals surface area (Å²) in [5.41, 5.74) is 2.05. The smallest absolute Gasteiger partial charge is 0.337 e. The lowest BCUT2D eigenvalue weighted by Crippen LogP contribution is -2.40. The van der Waals surface area contributed by atoms with E-state index in [-0.39, 0.29) is 11.9 Å². The molecule has 3 unspecified atom stereocenters. The summed E-state index contributed by atoms with van der Waals surface area (Å²) in [6.45, 7) is 1.92. The van der Waals surface area contributed by atoms with E-state index in [9.17, 15) is 9.59 Å². The van der Waals surface area contributed by atoms with Crippen molar-refractivity contribution in [2.24, 2.45) is 5.92 Å². The molecule has 23 heavy (non-hydrogen) atoms. The second-order valence-corrected chi connectivity index (χ2v) is 6.62. The first kappa shape index (κ1) is 16.0. The van der Waals surface area contributed by atoms with E-state index < -0.39 is 5.97 Å². The van der Waals surface area contributed by atoms with E-state index in [0.29, 0.717) is 23.2 Å². The maximum absolute atomic E-state index is 12.6. The standard InChI is InChI=1S/C18H24N2O3/c1-11-7-8-13(18(22)23-2)10-15(11)20-17(21)16-9-12-5-3-4-6-14(12)19-16/h7-8,10,12,14,16,19H,3-6,9H2,1-2H3,(H,20,21). The minimum absolute atomic E-state index is 0.00971. The zero-order chi connectivity index (χ0) is 16.4. The molecule has 2 fully saturated rings. The normalized spacial score (nSPS) is 26.4. The monoisotopic (exact) mass is 316 g/mol. The van der Waals surface area contributed by atoms with E-state index in [2.05, 4.69) is 10.6 Å². The van der Waals surface area contributed by atoms with E-state index >= 15 is 0 Å². The molecule has 0 aromatic heterocycles. The molecule has 3 atom stereocenters. The van der Waals surface area contributed by atoms with Crippen LogP contribution in [0.1, 0.15) is 48.0 Å². The van der Waals surface area contributed by atoms with Crippen molar-refractivity contribution >= 4 is 17.6 Å². The molecule has 0 spiro atoms. The van der Waals surface area contributed by atoms with Crippen molar-refractivity contribution in [3.05, 3.63) is 29.3 Å². The third-order valence-corrected chi connectivity index (χ3v) is 5.10. The summed E-state index contributed by atoms with van der Waals surface area (Å²) in [6.07, 6.45) is 5.83. The Balaban J connectivity index is 1.69. The summed E-state index contributed by atoms with van der Waals surface area (Å²) in [6, 6.07) is 5.57. The number of benzene rings is 1. The van der Waals surface area contributed by atoms with Crippen LogP contribution < -0.4 is 10.6 Å². The van der Waals surface area contributed by atoms with Gasteiger partial charge in [0.1, 0.15) is 0 Å². The molecule has 3 rings (SSSR count). The summed E-state index contributed by atoms with van der Waals surface area (Å²) < 4.78 is 4.74.